The third-order valence-corrected chi connectivity index (χ3v) is 2.68. The number of carboxylic acids is 1. The molecule has 0 aliphatic rings. The molecule has 0 saturated heterocycles. The fourth-order valence-corrected chi connectivity index (χ4v) is 1.67. The Labute approximate surface area is 95.7 Å². The summed E-state index contributed by atoms with van der Waals surface area (Å²) < 4.78 is 0. The first-order chi connectivity index (χ1) is 7.58. The van der Waals surface area contributed by atoms with Gasteiger partial charge in [0.25, 0.3) is 0 Å². The number of benzene rings is 1. The summed E-state index contributed by atoms with van der Waals surface area (Å²) in [7, 11) is 0. The van der Waals surface area contributed by atoms with Gasteiger partial charge >= 0.3 is 5.97 Å². The summed E-state index contributed by atoms with van der Waals surface area (Å²) in [6, 6.07) is 9.23. The van der Waals surface area contributed by atoms with Gasteiger partial charge in [0.2, 0.25) is 0 Å². The second kappa shape index (κ2) is 5.66. The van der Waals surface area contributed by atoms with Gasteiger partial charge in [0, 0.05) is 6.42 Å². The molecule has 1 atom stereocenters. The van der Waals surface area contributed by atoms with Crippen LogP contribution in [0.15, 0.2) is 30.3 Å². The Hall–Kier alpha value is -1.35. The van der Waals surface area contributed by atoms with E-state index in [1.165, 1.54) is 0 Å². The Morgan fingerprint density at radius 1 is 1.31 bits per heavy atom. The standard InChI is InChI=1S/C13H18O3/c1-2-3-9-13(16,12(14)15)10-11-7-5-4-6-8-11/h4-8,16H,2-3,9-10H2,1H3,(H,14,15). The second-order valence-electron chi connectivity index (χ2n) is 4.10. The van der Waals surface area contributed by atoms with Gasteiger partial charge in [-0.15, -0.1) is 0 Å². The lowest BCUT2D eigenvalue weighted by molar-refractivity contribution is -0.159. The summed E-state index contributed by atoms with van der Waals surface area (Å²) in [5.74, 6) is -1.13. The van der Waals surface area contributed by atoms with E-state index in [2.05, 4.69) is 0 Å². The van der Waals surface area contributed by atoms with E-state index in [9.17, 15) is 9.90 Å². The van der Waals surface area contributed by atoms with Crippen LogP contribution in [-0.2, 0) is 11.2 Å². The van der Waals surface area contributed by atoms with Crippen molar-refractivity contribution in [2.45, 2.75) is 38.2 Å². The number of carboxylic acid groups (broad SMARTS) is 1. The molecule has 88 valence electrons. The molecule has 16 heavy (non-hydrogen) atoms. The van der Waals surface area contributed by atoms with Crippen LogP contribution in [0, 0.1) is 0 Å². The van der Waals surface area contributed by atoms with Crippen LogP contribution in [-0.4, -0.2) is 21.8 Å². The third kappa shape index (κ3) is 3.35. The molecule has 2 N–H and O–H groups in total. The van der Waals surface area contributed by atoms with Crippen molar-refractivity contribution in [3.05, 3.63) is 35.9 Å². The average molecular weight is 222 g/mol. The monoisotopic (exact) mass is 222 g/mol. The lowest BCUT2D eigenvalue weighted by Gasteiger charge is -2.23. The minimum Gasteiger partial charge on any atom is -0.479 e. The van der Waals surface area contributed by atoms with E-state index in [-0.39, 0.29) is 6.42 Å². The van der Waals surface area contributed by atoms with Gasteiger partial charge in [-0.2, -0.15) is 0 Å². The molecule has 0 bridgehead atoms. The van der Waals surface area contributed by atoms with E-state index in [1.54, 1.807) is 0 Å². The van der Waals surface area contributed by atoms with E-state index in [1.807, 2.05) is 37.3 Å². The topological polar surface area (TPSA) is 57.5 Å². The number of aliphatic carboxylic acids is 1. The van der Waals surface area contributed by atoms with Crippen LogP contribution < -0.4 is 0 Å². The molecule has 3 nitrogen and oxygen atoms in total. The molecule has 0 saturated carbocycles. The molecule has 0 fully saturated rings. The van der Waals surface area contributed by atoms with Crippen molar-refractivity contribution in [1.82, 2.24) is 0 Å². The lowest BCUT2D eigenvalue weighted by atomic mass is 9.89. The van der Waals surface area contributed by atoms with Gasteiger partial charge in [-0.3, -0.25) is 0 Å². The van der Waals surface area contributed by atoms with Crippen LogP contribution in [0.1, 0.15) is 31.7 Å². The van der Waals surface area contributed by atoms with Crippen LogP contribution >= 0.6 is 0 Å². The molecular weight excluding hydrogens is 204 g/mol. The van der Waals surface area contributed by atoms with Crippen molar-refractivity contribution in [2.75, 3.05) is 0 Å². The first-order valence-electron chi connectivity index (χ1n) is 5.58. The third-order valence-electron chi connectivity index (χ3n) is 2.68. The van der Waals surface area contributed by atoms with E-state index < -0.39 is 11.6 Å². The van der Waals surface area contributed by atoms with E-state index >= 15 is 0 Å². The Balaban J connectivity index is 2.75. The Kier molecular flexibility index (Phi) is 4.50. The first kappa shape index (κ1) is 12.7. The number of rotatable bonds is 6. The van der Waals surface area contributed by atoms with E-state index in [4.69, 9.17) is 5.11 Å². The normalized spacial score (nSPS) is 14.4. The molecule has 0 heterocycles. The summed E-state index contributed by atoms with van der Waals surface area (Å²) in [5, 5.41) is 19.1. The maximum Gasteiger partial charge on any atom is 0.336 e. The predicted octanol–water partition coefficient (Wildman–Crippen LogP) is 2.23. The smallest absolute Gasteiger partial charge is 0.336 e. The zero-order chi connectivity index (χ0) is 12.0. The van der Waals surface area contributed by atoms with Gasteiger partial charge < -0.3 is 10.2 Å². The fourth-order valence-electron chi connectivity index (χ4n) is 1.67. The zero-order valence-corrected chi connectivity index (χ0v) is 9.52. The first-order valence-corrected chi connectivity index (χ1v) is 5.58. The van der Waals surface area contributed by atoms with Gasteiger partial charge in [0.05, 0.1) is 0 Å². The second-order valence-corrected chi connectivity index (χ2v) is 4.10. The lowest BCUT2D eigenvalue weighted by Crippen LogP contribution is -2.40. The molecule has 0 radical (unpaired) electrons. The Morgan fingerprint density at radius 2 is 1.94 bits per heavy atom. The Bertz CT molecular complexity index is 334. The maximum atomic E-state index is 11.1. The van der Waals surface area contributed by atoms with Crippen molar-refractivity contribution in [2.24, 2.45) is 0 Å². The summed E-state index contributed by atoms with van der Waals surface area (Å²) in [5.41, 5.74) is -0.777. The quantitative estimate of drug-likeness (QED) is 0.776. The number of carbonyl (C=O) groups is 1. The van der Waals surface area contributed by atoms with Gasteiger partial charge in [-0.05, 0) is 12.0 Å². The maximum absolute atomic E-state index is 11.1. The summed E-state index contributed by atoms with van der Waals surface area (Å²) in [6.45, 7) is 1.98. The average Bonchev–Trinajstić information content (AvgIpc) is 2.27. The summed E-state index contributed by atoms with van der Waals surface area (Å²) in [6.07, 6.45) is 2.07. The van der Waals surface area contributed by atoms with Crippen LogP contribution in [0.5, 0.6) is 0 Å². The van der Waals surface area contributed by atoms with Crippen molar-refractivity contribution in [3.63, 3.8) is 0 Å². The molecule has 0 aliphatic carbocycles. The highest BCUT2D eigenvalue weighted by molar-refractivity contribution is 5.77. The molecule has 1 unspecified atom stereocenters. The zero-order valence-electron chi connectivity index (χ0n) is 9.52. The Morgan fingerprint density at radius 3 is 2.44 bits per heavy atom. The molecule has 1 aromatic rings. The van der Waals surface area contributed by atoms with Gasteiger partial charge in [0.1, 0.15) is 0 Å². The van der Waals surface area contributed by atoms with Crippen LogP contribution in [0.3, 0.4) is 0 Å². The summed E-state index contributed by atoms with van der Waals surface area (Å²) in [4.78, 5) is 11.1. The molecule has 1 aromatic carbocycles. The highest BCUT2D eigenvalue weighted by Gasteiger charge is 2.35. The van der Waals surface area contributed by atoms with Gasteiger partial charge in [-0.1, -0.05) is 50.1 Å². The highest BCUT2D eigenvalue weighted by atomic mass is 16.4. The molecule has 1 rings (SSSR count). The molecule has 3 heteroatoms. The predicted molar refractivity (Wildman–Crippen MR) is 62.3 cm³/mol. The van der Waals surface area contributed by atoms with Crippen LogP contribution in [0.2, 0.25) is 0 Å². The van der Waals surface area contributed by atoms with Crippen molar-refractivity contribution >= 4 is 5.97 Å². The van der Waals surface area contributed by atoms with Crippen molar-refractivity contribution in [1.29, 1.82) is 0 Å². The number of aliphatic hydroxyl groups is 1. The van der Waals surface area contributed by atoms with Crippen molar-refractivity contribution in [3.8, 4) is 0 Å². The molecule has 0 spiro atoms. The number of hydrogen-bond donors (Lipinski definition) is 2. The van der Waals surface area contributed by atoms with Gasteiger partial charge in [-0.25, -0.2) is 4.79 Å². The molecular formula is C13H18O3. The fraction of sp³-hybridized carbons (Fsp3) is 0.462. The van der Waals surface area contributed by atoms with E-state index in [0.717, 1.165) is 18.4 Å². The molecule has 0 amide bonds. The number of unbranched alkanes of at least 4 members (excludes halogenated alkanes) is 1. The largest absolute Gasteiger partial charge is 0.479 e. The van der Waals surface area contributed by atoms with Crippen molar-refractivity contribution < 1.29 is 15.0 Å². The SMILES string of the molecule is CCCCC(O)(Cc1ccccc1)C(=O)O. The minimum absolute atomic E-state index is 0.170. The summed E-state index contributed by atoms with van der Waals surface area (Å²) >= 11 is 0. The number of hydrogen-bond acceptors (Lipinski definition) is 2. The molecule has 0 aromatic heterocycles. The van der Waals surface area contributed by atoms with Gasteiger partial charge in [0.15, 0.2) is 5.60 Å². The van der Waals surface area contributed by atoms with Crippen LogP contribution in [0.4, 0.5) is 0 Å². The van der Waals surface area contributed by atoms with Crippen LogP contribution in [0.25, 0.3) is 0 Å². The minimum atomic E-state index is -1.63. The van der Waals surface area contributed by atoms with E-state index in [0.29, 0.717) is 6.42 Å². The highest BCUT2D eigenvalue weighted by Crippen LogP contribution is 2.20. The molecule has 0 aliphatic heterocycles.